The van der Waals surface area contributed by atoms with Gasteiger partial charge in [-0.2, -0.15) is 16.8 Å². The van der Waals surface area contributed by atoms with E-state index >= 15 is 0 Å². The standard InChI is InChI=1S/C30H30N4O6.2CH4O3S/c1-33(21-5-7-23(31-15-21)19-11-25(35-3)29-27(13-19)37-17-39-29)9-10-34(2)22-6-8-24(32-16-22)20-12-26(36-4)30-28(14-20)38-18-40-30;2*1-5(2,3)4/h5-8,11-16H,9-10,17-18H2,1-4H3;2*1H3,(H,2,3,4). The van der Waals surface area contributed by atoms with Crippen molar-refractivity contribution >= 4 is 31.6 Å². The number of anilines is 2. The fourth-order valence-corrected chi connectivity index (χ4v) is 4.68. The van der Waals surface area contributed by atoms with Crippen LogP contribution in [0.3, 0.4) is 0 Å². The van der Waals surface area contributed by atoms with Crippen molar-refractivity contribution in [2.45, 2.75) is 0 Å². The van der Waals surface area contributed by atoms with Gasteiger partial charge >= 0.3 is 0 Å². The minimum atomic E-state index is -3.67. The number of hydrogen-bond acceptors (Lipinski definition) is 14. The zero-order chi connectivity index (χ0) is 36.6. The van der Waals surface area contributed by atoms with Gasteiger partial charge in [0.05, 0.1) is 61.9 Å². The first-order valence-corrected chi connectivity index (χ1v) is 18.4. The number of hydrogen-bond donors (Lipinski definition) is 2. The molecule has 2 aliphatic rings. The third-order valence-electron chi connectivity index (χ3n) is 7.06. The van der Waals surface area contributed by atoms with Gasteiger partial charge in [-0.15, -0.1) is 0 Å². The number of ether oxygens (including phenoxy) is 6. The van der Waals surface area contributed by atoms with E-state index in [1.54, 1.807) is 14.2 Å². The number of benzene rings is 2. The molecular formula is C32H38N4O12S2. The molecule has 2 aromatic heterocycles. The van der Waals surface area contributed by atoms with Crippen LogP contribution >= 0.6 is 0 Å². The van der Waals surface area contributed by atoms with Gasteiger partial charge < -0.3 is 38.2 Å². The third kappa shape index (κ3) is 10.7. The summed E-state index contributed by atoms with van der Waals surface area (Å²) in [4.78, 5) is 13.7. The molecule has 50 heavy (non-hydrogen) atoms. The van der Waals surface area contributed by atoms with Gasteiger partial charge in [-0.25, -0.2) is 0 Å². The third-order valence-corrected chi connectivity index (χ3v) is 7.06. The first-order valence-electron chi connectivity index (χ1n) is 14.7. The Kier molecular flexibility index (Phi) is 12.2. The minimum Gasteiger partial charge on any atom is -0.493 e. The van der Waals surface area contributed by atoms with Gasteiger partial charge in [0.25, 0.3) is 20.2 Å². The van der Waals surface area contributed by atoms with Gasteiger partial charge in [-0.3, -0.25) is 19.1 Å². The van der Waals surface area contributed by atoms with Crippen molar-refractivity contribution in [3.05, 3.63) is 60.9 Å². The molecule has 0 spiro atoms. The summed E-state index contributed by atoms with van der Waals surface area (Å²) in [6.07, 6.45) is 5.19. The average molecular weight is 735 g/mol. The predicted octanol–water partition coefficient (Wildman–Crippen LogP) is 3.87. The molecule has 0 bridgehead atoms. The summed E-state index contributed by atoms with van der Waals surface area (Å²) in [5.74, 6) is 3.86. The van der Waals surface area contributed by atoms with Crippen LogP contribution in [0, 0.1) is 0 Å². The Hall–Kier alpha value is -5.04. The second-order valence-electron chi connectivity index (χ2n) is 10.9. The molecule has 4 aromatic rings. The largest absolute Gasteiger partial charge is 0.493 e. The van der Waals surface area contributed by atoms with Gasteiger partial charge in [0.1, 0.15) is 0 Å². The first-order chi connectivity index (χ1) is 23.5. The summed E-state index contributed by atoms with van der Waals surface area (Å²) in [6.45, 7) is 1.99. The zero-order valence-electron chi connectivity index (χ0n) is 28.2. The van der Waals surface area contributed by atoms with Crippen LogP contribution in [0.2, 0.25) is 0 Å². The number of fused-ring (bicyclic) bond motifs is 2. The van der Waals surface area contributed by atoms with Gasteiger partial charge in [0.15, 0.2) is 23.0 Å². The molecule has 16 nitrogen and oxygen atoms in total. The Morgan fingerprint density at radius 1 is 0.660 bits per heavy atom. The highest BCUT2D eigenvalue weighted by atomic mass is 32.2. The molecule has 18 heteroatoms. The highest BCUT2D eigenvalue weighted by molar-refractivity contribution is 7.85. The van der Waals surface area contributed by atoms with E-state index in [0.29, 0.717) is 47.0 Å². The second kappa shape index (κ2) is 16.1. The van der Waals surface area contributed by atoms with E-state index in [1.165, 1.54) is 0 Å². The summed E-state index contributed by atoms with van der Waals surface area (Å²) in [5.41, 5.74) is 5.52. The number of rotatable bonds is 9. The average Bonchev–Trinajstić information content (AvgIpc) is 3.75. The molecular weight excluding hydrogens is 697 g/mol. The molecule has 0 fully saturated rings. The van der Waals surface area contributed by atoms with Crippen molar-refractivity contribution in [3.63, 3.8) is 0 Å². The molecule has 2 N–H and O–H groups in total. The first kappa shape index (κ1) is 37.8. The number of aromatic nitrogens is 2. The molecule has 270 valence electrons. The van der Waals surface area contributed by atoms with Gasteiger partial charge in [0, 0.05) is 38.3 Å². The molecule has 4 heterocycles. The Morgan fingerprint density at radius 3 is 1.32 bits per heavy atom. The number of nitrogens with zero attached hydrogens (tertiary/aromatic N) is 4. The molecule has 6 rings (SSSR count). The van der Waals surface area contributed by atoms with Crippen LogP contribution in [-0.4, -0.2) is 103 Å². The van der Waals surface area contributed by atoms with Crippen LogP contribution in [0.4, 0.5) is 11.4 Å². The lowest BCUT2D eigenvalue weighted by atomic mass is 10.1. The fourth-order valence-electron chi connectivity index (χ4n) is 4.68. The molecule has 0 saturated heterocycles. The topological polar surface area (TPSA) is 196 Å². The van der Waals surface area contributed by atoms with Crippen molar-refractivity contribution in [3.8, 4) is 57.0 Å². The summed E-state index contributed by atoms with van der Waals surface area (Å²) in [5, 5.41) is 0. The van der Waals surface area contributed by atoms with E-state index in [9.17, 15) is 16.8 Å². The van der Waals surface area contributed by atoms with Gasteiger partial charge in [-0.05, 0) is 48.5 Å². The Labute approximate surface area is 290 Å². The van der Waals surface area contributed by atoms with Crippen molar-refractivity contribution in [1.82, 2.24) is 9.97 Å². The van der Waals surface area contributed by atoms with Crippen LogP contribution in [0.1, 0.15) is 0 Å². The smallest absolute Gasteiger partial charge is 0.261 e. The lowest BCUT2D eigenvalue weighted by Crippen LogP contribution is -2.30. The molecule has 2 aromatic carbocycles. The van der Waals surface area contributed by atoms with Crippen molar-refractivity contribution in [2.75, 3.05) is 77.3 Å². The minimum absolute atomic E-state index is 0.191. The van der Waals surface area contributed by atoms with Crippen LogP contribution < -0.4 is 38.2 Å². The van der Waals surface area contributed by atoms with Crippen LogP contribution in [-0.2, 0) is 20.2 Å². The van der Waals surface area contributed by atoms with E-state index in [1.807, 2.05) is 48.8 Å². The van der Waals surface area contributed by atoms with Crippen LogP contribution in [0.25, 0.3) is 22.5 Å². The number of likely N-dealkylation sites (N-methyl/N-ethyl adjacent to an activating group) is 2. The molecule has 2 aliphatic heterocycles. The van der Waals surface area contributed by atoms with E-state index in [-0.39, 0.29) is 13.6 Å². The predicted molar refractivity (Wildman–Crippen MR) is 186 cm³/mol. The maximum atomic E-state index is 9.19. The van der Waals surface area contributed by atoms with Crippen molar-refractivity contribution in [1.29, 1.82) is 0 Å². The molecule has 0 aliphatic carbocycles. The lowest BCUT2D eigenvalue weighted by Gasteiger charge is -2.25. The second-order valence-corrected chi connectivity index (χ2v) is 13.9. The van der Waals surface area contributed by atoms with Crippen LogP contribution in [0.15, 0.2) is 60.9 Å². The summed E-state index contributed by atoms with van der Waals surface area (Å²) in [6, 6.07) is 15.8. The summed E-state index contributed by atoms with van der Waals surface area (Å²) in [7, 11) is 0.0145. The maximum Gasteiger partial charge on any atom is 0.261 e. The molecule has 0 unspecified atom stereocenters. The summed E-state index contributed by atoms with van der Waals surface area (Å²) < 4.78 is 84.7. The monoisotopic (exact) mass is 734 g/mol. The Bertz CT molecular complexity index is 1830. The normalized spacial score (nSPS) is 12.6. The highest BCUT2D eigenvalue weighted by Crippen LogP contribution is 2.45. The molecule has 0 saturated carbocycles. The molecule has 0 radical (unpaired) electrons. The summed E-state index contributed by atoms with van der Waals surface area (Å²) >= 11 is 0. The lowest BCUT2D eigenvalue weighted by molar-refractivity contribution is 0.171. The van der Waals surface area contributed by atoms with Gasteiger partial charge in [-0.1, -0.05) is 0 Å². The van der Waals surface area contributed by atoms with E-state index in [2.05, 4.69) is 46.0 Å². The maximum absolute atomic E-state index is 9.19. The fraction of sp³-hybridized carbons (Fsp3) is 0.312. The van der Waals surface area contributed by atoms with E-state index in [0.717, 1.165) is 47.0 Å². The van der Waals surface area contributed by atoms with Crippen LogP contribution in [0.5, 0.6) is 34.5 Å². The van der Waals surface area contributed by atoms with Gasteiger partial charge in [0.2, 0.25) is 25.1 Å². The molecule has 0 amide bonds. The van der Waals surface area contributed by atoms with Crippen molar-refractivity contribution in [2.24, 2.45) is 0 Å². The number of methoxy groups -OCH3 is 2. The zero-order valence-corrected chi connectivity index (χ0v) is 29.8. The number of pyridine rings is 2. The quantitative estimate of drug-likeness (QED) is 0.235. The Balaban J connectivity index is 0.000000496. The Morgan fingerprint density at radius 2 is 1.02 bits per heavy atom. The SMILES string of the molecule is COc1cc(-c2ccc(N(C)CCN(C)c3ccc(-c4cc(OC)c5c(c4)OCO5)nc3)cn2)cc2c1OCO2.CS(=O)(=O)O.CS(=O)(=O)O. The highest BCUT2D eigenvalue weighted by Gasteiger charge is 2.22. The van der Waals surface area contributed by atoms with E-state index < -0.39 is 20.2 Å². The van der Waals surface area contributed by atoms with Crippen molar-refractivity contribution < 1.29 is 54.4 Å². The van der Waals surface area contributed by atoms with E-state index in [4.69, 9.17) is 37.5 Å². The molecule has 0 atom stereocenters.